The molecule has 1 atom stereocenters. The molecule has 1 fully saturated rings. The highest BCUT2D eigenvalue weighted by Gasteiger charge is 2.43. The van der Waals surface area contributed by atoms with Crippen LogP contribution in [-0.2, 0) is 9.84 Å². The molecule has 2 aliphatic heterocycles. The second-order valence-corrected chi connectivity index (χ2v) is 14.8. The highest BCUT2D eigenvalue weighted by Crippen LogP contribution is 2.38. The monoisotopic (exact) mass is 572 g/mol. The van der Waals surface area contributed by atoms with Gasteiger partial charge < -0.3 is 20.3 Å². The summed E-state index contributed by atoms with van der Waals surface area (Å²) in [7, 11) is 2.50. The largest absolute Gasteiger partial charge is 0.489 e. The Morgan fingerprint density at radius 1 is 1.07 bits per heavy atom. The second kappa shape index (κ2) is 11.6. The molecule has 3 heterocycles. The summed E-state index contributed by atoms with van der Waals surface area (Å²) in [6.07, 6.45) is 5.87. The third-order valence-corrected chi connectivity index (χ3v) is 9.88. The Morgan fingerprint density at radius 3 is 2.38 bits per heavy atom. The molecular weight excluding hydrogens is 526 g/mol. The van der Waals surface area contributed by atoms with Gasteiger partial charge >= 0.3 is 0 Å². The Morgan fingerprint density at radius 2 is 1.75 bits per heavy atom. The highest BCUT2D eigenvalue weighted by atomic mass is 32.2. The van der Waals surface area contributed by atoms with Crippen LogP contribution in [0.5, 0.6) is 5.75 Å². The van der Waals surface area contributed by atoms with E-state index in [9.17, 15) is 8.42 Å². The lowest BCUT2D eigenvalue weighted by atomic mass is 9.86. The van der Waals surface area contributed by atoms with E-state index in [1.807, 2.05) is 41.1 Å². The van der Waals surface area contributed by atoms with Crippen LogP contribution in [0.1, 0.15) is 63.1 Å². The first kappa shape index (κ1) is 30.2. The fourth-order valence-electron chi connectivity index (χ4n) is 5.24. The van der Waals surface area contributed by atoms with Crippen LogP contribution in [0.2, 0.25) is 0 Å². The normalized spacial score (nSPS) is 20.2. The molecule has 1 saturated heterocycles. The van der Waals surface area contributed by atoms with Crippen molar-refractivity contribution in [2.45, 2.75) is 77.0 Å². The predicted octanol–water partition coefficient (Wildman–Crippen LogP) is 4.43. The van der Waals surface area contributed by atoms with Crippen LogP contribution in [0.4, 0.5) is 17.5 Å². The van der Waals surface area contributed by atoms with Crippen molar-refractivity contribution in [2.75, 3.05) is 44.9 Å². The molecule has 10 nitrogen and oxygen atoms in total. The van der Waals surface area contributed by atoms with Crippen molar-refractivity contribution in [2.24, 2.45) is 0 Å². The van der Waals surface area contributed by atoms with E-state index in [1.54, 1.807) is 20.0 Å². The number of likely N-dealkylation sites (tertiary alicyclic amines) is 1. The van der Waals surface area contributed by atoms with Crippen LogP contribution in [-0.4, -0.2) is 78.8 Å². The quantitative estimate of drug-likeness (QED) is 0.376. The molecular formula is C29H46N7O3S+. The number of benzene rings is 1. The molecule has 0 saturated carbocycles. The lowest BCUT2D eigenvalue weighted by Gasteiger charge is -2.30. The van der Waals surface area contributed by atoms with Gasteiger partial charge in [-0.1, -0.05) is 0 Å². The van der Waals surface area contributed by atoms with Gasteiger partial charge in [0.05, 0.1) is 31.1 Å². The summed E-state index contributed by atoms with van der Waals surface area (Å²) in [5.74, 6) is 2.23. The highest BCUT2D eigenvalue weighted by molar-refractivity contribution is 7.92. The molecule has 3 N–H and O–H groups in total. The number of ether oxygens (including phenoxy) is 1. The zero-order valence-electron chi connectivity index (χ0n) is 25.4. The molecule has 2 aliphatic rings. The minimum atomic E-state index is -3.46. The first-order valence-electron chi connectivity index (χ1n) is 14.1. The third-order valence-electron chi connectivity index (χ3n) is 7.55. The number of aromatic nitrogens is 2. The van der Waals surface area contributed by atoms with E-state index in [0.717, 1.165) is 42.9 Å². The summed E-state index contributed by atoms with van der Waals surface area (Å²) in [6, 6.07) is 4.30. The SMILES string of the molecule is Cc1cc(Nc2ncc(C)c(NC3=C[N+](C)(C)NC3S(=O)(=O)C(C)C)n2)c(OC(C)C)cc1C1CCN(C)CC1. The molecule has 0 bridgehead atoms. The molecule has 1 unspecified atom stereocenters. The molecule has 1 aromatic carbocycles. The number of nitrogens with one attached hydrogen (secondary N) is 3. The zero-order chi connectivity index (χ0) is 29.4. The number of piperidine rings is 1. The Hall–Kier alpha value is -2.73. The molecule has 0 radical (unpaired) electrons. The number of hydrogen-bond acceptors (Lipinski definition) is 9. The third kappa shape index (κ3) is 6.76. The van der Waals surface area contributed by atoms with E-state index in [1.165, 1.54) is 11.1 Å². The average Bonchev–Trinajstić information content (AvgIpc) is 3.17. The molecule has 11 heteroatoms. The van der Waals surface area contributed by atoms with Crippen molar-refractivity contribution in [3.05, 3.63) is 46.9 Å². The van der Waals surface area contributed by atoms with Crippen molar-refractivity contribution < 1.29 is 17.7 Å². The molecule has 0 amide bonds. The minimum Gasteiger partial charge on any atom is -0.489 e. The van der Waals surface area contributed by atoms with Crippen LogP contribution < -0.4 is 20.8 Å². The van der Waals surface area contributed by atoms with Gasteiger partial charge in [0.1, 0.15) is 23.5 Å². The van der Waals surface area contributed by atoms with Crippen molar-refractivity contribution >= 4 is 27.3 Å². The van der Waals surface area contributed by atoms with Gasteiger partial charge in [0, 0.05) is 11.8 Å². The lowest BCUT2D eigenvalue weighted by molar-refractivity contribution is -0.879. The molecule has 0 spiro atoms. The Bertz CT molecular complexity index is 1360. The average molecular weight is 573 g/mol. The van der Waals surface area contributed by atoms with E-state index in [2.05, 4.69) is 52.0 Å². The van der Waals surface area contributed by atoms with Crippen molar-refractivity contribution in [1.29, 1.82) is 0 Å². The van der Waals surface area contributed by atoms with E-state index in [4.69, 9.17) is 9.72 Å². The van der Waals surface area contributed by atoms with Crippen LogP contribution in [0.3, 0.4) is 0 Å². The van der Waals surface area contributed by atoms with Gasteiger partial charge in [-0.2, -0.15) is 4.98 Å². The van der Waals surface area contributed by atoms with Gasteiger partial charge in [0.2, 0.25) is 11.3 Å². The van der Waals surface area contributed by atoms with Gasteiger partial charge in [-0.3, -0.25) is 0 Å². The Balaban J connectivity index is 1.63. The summed E-state index contributed by atoms with van der Waals surface area (Å²) < 4.78 is 32.7. The fraction of sp³-hybridized carbons (Fsp3) is 0.586. The maximum Gasteiger partial charge on any atom is 0.229 e. The van der Waals surface area contributed by atoms with Gasteiger partial charge in [-0.05, 0) is 104 Å². The first-order valence-corrected chi connectivity index (χ1v) is 15.7. The number of nitrogens with zero attached hydrogens (tertiary/aromatic N) is 4. The summed E-state index contributed by atoms with van der Waals surface area (Å²) in [4.78, 5) is 11.7. The standard InChI is InChI=1S/C29H46N7O3S/c1-18(2)39-26-15-23(22-10-12-35(7)13-11-22)20(5)14-24(26)32-29-30-16-21(6)27(33-29)31-25-17-36(8,9)34-28(25)40(37,38)19(3)4/h14-19,22,28,34H,10-13H2,1-9H3,(H2,30,31,32,33)/q+1. The van der Waals surface area contributed by atoms with Crippen molar-refractivity contribution in [1.82, 2.24) is 20.3 Å². The molecule has 1 aromatic heterocycles. The van der Waals surface area contributed by atoms with Gasteiger partial charge in [-0.25, -0.2) is 18.0 Å². The van der Waals surface area contributed by atoms with Crippen LogP contribution in [0.15, 0.2) is 30.2 Å². The predicted molar refractivity (Wildman–Crippen MR) is 161 cm³/mol. The summed E-state index contributed by atoms with van der Waals surface area (Å²) >= 11 is 0. The number of quaternary nitrogens is 1. The van der Waals surface area contributed by atoms with Crippen LogP contribution >= 0.6 is 0 Å². The molecule has 40 heavy (non-hydrogen) atoms. The summed E-state index contributed by atoms with van der Waals surface area (Å²) in [6.45, 7) is 13.7. The Labute approximate surface area is 239 Å². The smallest absolute Gasteiger partial charge is 0.229 e. The van der Waals surface area contributed by atoms with Crippen LogP contribution in [0, 0.1) is 13.8 Å². The molecule has 4 rings (SSSR count). The van der Waals surface area contributed by atoms with Gasteiger partial charge in [-0.15, -0.1) is 5.43 Å². The topological polar surface area (TPSA) is 108 Å². The first-order chi connectivity index (χ1) is 18.7. The zero-order valence-corrected chi connectivity index (χ0v) is 26.2. The Kier molecular flexibility index (Phi) is 8.79. The summed E-state index contributed by atoms with van der Waals surface area (Å²) in [5, 5.41) is 5.27. The lowest BCUT2D eigenvalue weighted by Crippen LogP contribution is -2.51. The second-order valence-electron chi connectivity index (χ2n) is 12.2. The number of anilines is 3. The fourth-order valence-corrected chi connectivity index (χ4v) is 6.68. The van der Waals surface area contributed by atoms with E-state index in [0.29, 0.717) is 23.4 Å². The number of aryl methyl sites for hydroxylation is 2. The summed E-state index contributed by atoms with van der Waals surface area (Å²) in [5.41, 5.74) is 7.88. The van der Waals surface area contributed by atoms with E-state index in [-0.39, 0.29) is 10.7 Å². The number of hydrogen-bond donors (Lipinski definition) is 3. The van der Waals surface area contributed by atoms with E-state index < -0.39 is 20.5 Å². The number of sulfone groups is 1. The number of rotatable bonds is 9. The van der Waals surface area contributed by atoms with Gasteiger partial charge in [0.15, 0.2) is 9.84 Å². The van der Waals surface area contributed by atoms with E-state index >= 15 is 0 Å². The van der Waals surface area contributed by atoms with Crippen molar-refractivity contribution in [3.8, 4) is 5.75 Å². The maximum atomic E-state index is 13.1. The molecule has 2 aromatic rings. The molecule has 220 valence electrons. The maximum absolute atomic E-state index is 13.1. The minimum absolute atomic E-state index is 0.00730. The van der Waals surface area contributed by atoms with Crippen LogP contribution in [0.25, 0.3) is 0 Å². The molecule has 0 aliphatic carbocycles. The van der Waals surface area contributed by atoms with Gasteiger partial charge in [0.25, 0.3) is 0 Å². The van der Waals surface area contributed by atoms with Crippen molar-refractivity contribution in [3.63, 3.8) is 0 Å².